The summed E-state index contributed by atoms with van der Waals surface area (Å²) in [5.74, 6) is -1.93. The molecular formula is C29H23F6NO5. The maximum atomic E-state index is 14.8. The number of hydrogen-bond donors (Lipinski definition) is 2. The lowest BCUT2D eigenvalue weighted by molar-refractivity contribution is -0.137. The van der Waals surface area contributed by atoms with Crippen LogP contribution in [0.25, 0.3) is 16.7 Å². The fourth-order valence-corrected chi connectivity index (χ4v) is 4.82. The Balaban J connectivity index is 1.33. The topological polar surface area (TPSA) is 88.9 Å². The second-order valence-electron chi connectivity index (χ2n) is 10.1. The van der Waals surface area contributed by atoms with Gasteiger partial charge in [0.25, 0.3) is 6.43 Å². The first-order valence-electron chi connectivity index (χ1n) is 12.5. The lowest BCUT2D eigenvalue weighted by Gasteiger charge is -2.22. The van der Waals surface area contributed by atoms with E-state index in [4.69, 9.17) is 9.47 Å². The third kappa shape index (κ3) is 5.74. The number of ether oxygens (including phenoxy) is 2. The molecule has 41 heavy (non-hydrogen) atoms. The van der Waals surface area contributed by atoms with Gasteiger partial charge in [0, 0.05) is 41.3 Å². The third-order valence-corrected chi connectivity index (χ3v) is 7.19. The van der Waals surface area contributed by atoms with E-state index in [2.05, 4.69) is 4.98 Å². The van der Waals surface area contributed by atoms with Gasteiger partial charge in [-0.05, 0) is 59.9 Å². The molecule has 1 heterocycles. The summed E-state index contributed by atoms with van der Waals surface area (Å²) in [4.78, 5) is 15.4. The smallest absolute Gasteiger partial charge is 0.417 e. The summed E-state index contributed by atoms with van der Waals surface area (Å²) in [7, 11) is 0. The van der Waals surface area contributed by atoms with Crippen LogP contribution in [0.4, 0.5) is 26.3 Å². The van der Waals surface area contributed by atoms with Crippen molar-refractivity contribution in [1.29, 1.82) is 0 Å². The first kappa shape index (κ1) is 28.5. The molecule has 1 unspecified atom stereocenters. The zero-order valence-electron chi connectivity index (χ0n) is 21.4. The number of fused-ring (bicyclic) bond motifs is 3. The summed E-state index contributed by atoms with van der Waals surface area (Å²) >= 11 is 0. The first-order chi connectivity index (χ1) is 19.3. The van der Waals surface area contributed by atoms with Gasteiger partial charge in [-0.3, -0.25) is 0 Å². The van der Waals surface area contributed by atoms with Crippen LogP contribution in [0.1, 0.15) is 35.6 Å². The average Bonchev–Trinajstić information content (AvgIpc) is 3.50. The SMILES string of the molecule is CC(O)(CCOc1ccc(-c2cc(COc3cc4c(cn3)C3=C(C(=O)O)[C@@H]3C4)c(F)cc2C(F)(F)F)cc1)C(F)F. The Labute approximate surface area is 229 Å². The van der Waals surface area contributed by atoms with Crippen molar-refractivity contribution in [2.45, 2.75) is 44.6 Å². The number of aromatic nitrogens is 1. The maximum Gasteiger partial charge on any atom is 0.417 e. The van der Waals surface area contributed by atoms with Crippen LogP contribution in [0, 0.1) is 11.7 Å². The van der Waals surface area contributed by atoms with E-state index in [1.165, 1.54) is 30.5 Å². The Bertz CT molecular complexity index is 1530. The number of alkyl halides is 5. The van der Waals surface area contributed by atoms with Crippen LogP contribution in [0.3, 0.4) is 0 Å². The number of aliphatic hydroxyl groups is 1. The monoisotopic (exact) mass is 579 g/mol. The zero-order chi connectivity index (χ0) is 29.7. The van der Waals surface area contributed by atoms with Crippen LogP contribution < -0.4 is 9.47 Å². The molecule has 2 atom stereocenters. The molecule has 0 amide bonds. The molecule has 0 spiro atoms. The Morgan fingerprint density at radius 2 is 1.80 bits per heavy atom. The van der Waals surface area contributed by atoms with Crippen LogP contribution in [-0.2, 0) is 24.0 Å². The summed E-state index contributed by atoms with van der Waals surface area (Å²) in [5.41, 5.74) is -1.15. The Kier molecular flexibility index (Phi) is 7.22. The summed E-state index contributed by atoms with van der Waals surface area (Å²) < 4.78 is 92.7. The maximum absolute atomic E-state index is 14.8. The quantitative estimate of drug-likeness (QED) is 0.275. The molecule has 0 fully saturated rings. The number of hydrogen-bond acceptors (Lipinski definition) is 5. The Morgan fingerprint density at radius 1 is 1.10 bits per heavy atom. The van der Waals surface area contributed by atoms with E-state index in [-0.39, 0.29) is 47.3 Å². The van der Waals surface area contributed by atoms with Crippen molar-refractivity contribution in [3.8, 4) is 22.8 Å². The lowest BCUT2D eigenvalue weighted by Crippen LogP contribution is -2.35. The van der Waals surface area contributed by atoms with Crippen molar-refractivity contribution in [2.75, 3.05) is 6.61 Å². The van der Waals surface area contributed by atoms with Crippen molar-refractivity contribution in [3.63, 3.8) is 0 Å². The molecule has 2 aromatic carbocycles. The molecule has 1 aromatic heterocycles. The molecule has 0 radical (unpaired) electrons. The number of pyridine rings is 1. The highest BCUT2D eigenvalue weighted by Gasteiger charge is 2.48. The predicted octanol–water partition coefficient (Wildman–Crippen LogP) is 6.29. The number of allylic oxidation sites excluding steroid dienone is 1. The number of carboxylic acid groups (broad SMARTS) is 1. The van der Waals surface area contributed by atoms with Crippen molar-refractivity contribution >= 4 is 11.5 Å². The second-order valence-corrected chi connectivity index (χ2v) is 10.1. The number of carboxylic acids is 1. The lowest BCUT2D eigenvalue weighted by atomic mass is 9.96. The fourth-order valence-electron chi connectivity index (χ4n) is 4.82. The molecular weight excluding hydrogens is 556 g/mol. The fraction of sp³-hybridized carbons (Fsp3) is 0.310. The highest BCUT2D eigenvalue weighted by Crippen LogP contribution is 2.55. The molecule has 5 rings (SSSR count). The highest BCUT2D eigenvalue weighted by molar-refractivity contribution is 6.11. The Morgan fingerprint density at radius 3 is 2.44 bits per heavy atom. The molecule has 216 valence electrons. The van der Waals surface area contributed by atoms with Crippen molar-refractivity contribution in [3.05, 3.63) is 82.3 Å². The van der Waals surface area contributed by atoms with E-state index >= 15 is 0 Å². The van der Waals surface area contributed by atoms with E-state index in [0.29, 0.717) is 18.1 Å². The standard InChI is InChI=1S/C29H23F6NO5/c1-28(39,27(31)32)6-7-40-17-4-2-14(3-5-17)18-9-16(22(30)11-21(18)29(33,34)35)13-41-23-10-15-8-19-24(20(15)12-36-23)25(19)26(37)38/h2-5,9-12,19,27,39H,6-8,13H2,1H3,(H,37,38)/t19-,28?/m1/s1. The van der Waals surface area contributed by atoms with Crippen molar-refractivity contribution in [1.82, 2.24) is 4.98 Å². The normalized spacial score (nSPS) is 17.2. The number of rotatable bonds is 10. The molecule has 2 aliphatic rings. The number of aliphatic carboxylic acids is 1. The molecule has 0 saturated heterocycles. The van der Waals surface area contributed by atoms with Crippen LogP contribution in [0.2, 0.25) is 0 Å². The van der Waals surface area contributed by atoms with Gasteiger partial charge in [0.15, 0.2) is 0 Å². The van der Waals surface area contributed by atoms with Crippen LogP contribution in [0.5, 0.6) is 11.6 Å². The molecule has 2 N–H and O–H groups in total. The average molecular weight is 579 g/mol. The van der Waals surface area contributed by atoms with E-state index in [9.17, 15) is 41.4 Å². The molecule has 0 aliphatic heterocycles. The van der Waals surface area contributed by atoms with Gasteiger partial charge in [0.2, 0.25) is 5.88 Å². The highest BCUT2D eigenvalue weighted by atomic mass is 19.4. The van der Waals surface area contributed by atoms with Gasteiger partial charge in [-0.2, -0.15) is 13.2 Å². The van der Waals surface area contributed by atoms with Crippen molar-refractivity contribution < 1.29 is 50.8 Å². The summed E-state index contributed by atoms with van der Waals surface area (Å²) in [6.07, 6.45) is -6.25. The van der Waals surface area contributed by atoms with Gasteiger partial charge < -0.3 is 19.7 Å². The molecule has 2 aliphatic carbocycles. The number of nitrogens with zero attached hydrogens (tertiary/aromatic N) is 1. The first-order valence-corrected chi connectivity index (χ1v) is 12.5. The number of halogens is 6. The largest absolute Gasteiger partial charge is 0.493 e. The summed E-state index contributed by atoms with van der Waals surface area (Å²) in [5, 5.41) is 18.8. The predicted molar refractivity (Wildman–Crippen MR) is 134 cm³/mol. The summed E-state index contributed by atoms with van der Waals surface area (Å²) in [6, 6.07) is 8.38. The molecule has 3 aromatic rings. The van der Waals surface area contributed by atoms with E-state index in [1.807, 2.05) is 0 Å². The van der Waals surface area contributed by atoms with Crippen LogP contribution in [-0.4, -0.2) is 39.8 Å². The van der Waals surface area contributed by atoms with Gasteiger partial charge in [-0.15, -0.1) is 0 Å². The van der Waals surface area contributed by atoms with Gasteiger partial charge in [-0.25, -0.2) is 22.9 Å². The molecule has 6 nitrogen and oxygen atoms in total. The molecule has 0 saturated carbocycles. The van der Waals surface area contributed by atoms with Gasteiger partial charge in [0.05, 0.1) is 12.2 Å². The third-order valence-electron chi connectivity index (χ3n) is 7.19. The Hall–Kier alpha value is -4.06. The van der Waals surface area contributed by atoms with Gasteiger partial charge >= 0.3 is 12.1 Å². The minimum atomic E-state index is -4.86. The van der Waals surface area contributed by atoms with Gasteiger partial charge in [0.1, 0.15) is 23.8 Å². The van der Waals surface area contributed by atoms with E-state index in [1.54, 1.807) is 6.07 Å². The second kappa shape index (κ2) is 10.4. The molecule has 0 bridgehead atoms. The number of benzene rings is 2. The number of carbonyl (C=O) groups is 1. The summed E-state index contributed by atoms with van der Waals surface area (Å²) in [6.45, 7) is 0.300. The van der Waals surface area contributed by atoms with Crippen LogP contribution in [0.15, 0.2) is 54.2 Å². The minimum absolute atomic E-state index is 0.0999. The molecule has 12 heteroatoms. The minimum Gasteiger partial charge on any atom is -0.493 e. The van der Waals surface area contributed by atoms with Crippen molar-refractivity contribution in [2.24, 2.45) is 5.92 Å². The van der Waals surface area contributed by atoms with Crippen LogP contribution >= 0.6 is 0 Å². The van der Waals surface area contributed by atoms with Gasteiger partial charge in [-0.1, -0.05) is 12.1 Å². The van der Waals surface area contributed by atoms with E-state index in [0.717, 1.165) is 29.7 Å². The van der Waals surface area contributed by atoms with E-state index < -0.39 is 42.2 Å². The zero-order valence-corrected chi connectivity index (χ0v) is 21.4.